The predicted octanol–water partition coefficient (Wildman–Crippen LogP) is 2.23. The van der Waals surface area contributed by atoms with Crippen molar-refractivity contribution in [1.29, 1.82) is 0 Å². The molecule has 1 aromatic heterocycles. The first-order valence-electron chi connectivity index (χ1n) is 8.02. The Balaban J connectivity index is 2.08. The fourth-order valence-corrected chi connectivity index (χ4v) is 3.06. The number of phenolic OH excluding ortho intramolecular Hbond substituents is 1. The lowest BCUT2D eigenvalue weighted by Gasteiger charge is -2.28. The molecule has 0 aliphatic carbocycles. The number of urea groups is 1. The first-order valence-corrected chi connectivity index (χ1v) is 8.02. The predicted molar refractivity (Wildman–Crippen MR) is 95.8 cm³/mol. The molecule has 1 aromatic carbocycles. The zero-order chi connectivity index (χ0) is 19.2. The first kappa shape index (κ1) is 17.5. The summed E-state index contributed by atoms with van der Waals surface area (Å²) in [5, 5.41) is 9.46. The third-order valence-corrected chi connectivity index (χ3v) is 4.52. The lowest BCUT2D eigenvalue weighted by Crippen LogP contribution is -2.52. The van der Waals surface area contributed by atoms with Gasteiger partial charge in [0.15, 0.2) is 0 Å². The standard InChI is InChI=1S/C19H19N3O4/c1-11-9-13(12(2)22(11)14-5-7-15(23)8-6-14)10-16-17(24)20(3)19(26)21(4)18(16)25/h5-10,23H,1-4H3. The van der Waals surface area contributed by atoms with Gasteiger partial charge in [0.1, 0.15) is 11.3 Å². The van der Waals surface area contributed by atoms with Gasteiger partial charge in [-0.1, -0.05) is 0 Å². The molecule has 0 bridgehead atoms. The normalized spacial score (nSPS) is 15.1. The van der Waals surface area contributed by atoms with Crippen molar-refractivity contribution in [2.24, 2.45) is 0 Å². The molecule has 2 heterocycles. The van der Waals surface area contributed by atoms with Crippen LogP contribution in [0.2, 0.25) is 0 Å². The van der Waals surface area contributed by atoms with Crippen LogP contribution in [0.1, 0.15) is 17.0 Å². The average molecular weight is 353 g/mol. The molecule has 0 unspecified atom stereocenters. The van der Waals surface area contributed by atoms with Crippen LogP contribution in [0.3, 0.4) is 0 Å². The van der Waals surface area contributed by atoms with Gasteiger partial charge in [-0.2, -0.15) is 0 Å². The highest BCUT2D eigenvalue weighted by Gasteiger charge is 2.37. The smallest absolute Gasteiger partial charge is 0.333 e. The molecule has 1 saturated heterocycles. The number of carbonyl (C=O) groups is 3. The van der Waals surface area contributed by atoms with Crippen LogP contribution in [0.15, 0.2) is 35.9 Å². The van der Waals surface area contributed by atoms with E-state index in [2.05, 4.69) is 0 Å². The molecule has 0 spiro atoms. The summed E-state index contributed by atoms with van der Waals surface area (Å²) >= 11 is 0. The summed E-state index contributed by atoms with van der Waals surface area (Å²) in [7, 11) is 2.70. The van der Waals surface area contributed by atoms with E-state index in [4.69, 9.17) is 0 Å². The number of phenols is 1. The molecular formula is C19H19N3O4. The molecule has 2 aromatic rings. The number of barbiturate groups is 1. The lowest BCUT2D eigenvalue weighted by atomic mass is 10.1. The molecule has 3 rings (SSSR count). The Bertz CT molecular complexity index is 928. The number of aromatic hydroxyl groups is 1. The van der Waals surface area contributed by atoms with E-state index in [9.17, 15) is 19.5 Å². The number of hydrogen-bond acceptors (Lipinski definition) is 4. The maximum Gasteiger partial charge on any atom is 0.333 e. The number of aryl methyl sites for hydroxylation is 1. The molecule has 1 aliphatic rings. The van der Waals surface area contributed by atoms with E-state index in [1.807, 2.05) is 24.5 Å². The molecule has 1 N–H and O–H groups in total. The summed E-state index contributed by atoms with van der Waals surface area (Å²) < 4.78 is 1.96. The molecule has 7 heteroatoms. The zero-order valence-corrected chi connectivity index (χ0v) is 15.0. The molecule has 0 radical (unpaired) electrons. The van der Waals surface area contributed by atoms with Crippen LogP contribution in [0.5, 0.6) is 5.75 Å². The molecule has 7 nitrogen and oxygen atoms in total. The molecule has 1 aliphatic heterocycles. The van der Waals surface area contributed by atoms with Crippen LogP contribution in [0.25, 0.3) is 11.8 Å². The van der Waals surface area contributed by atoms with Crippen molar-refractivity contribution in [2.45, 2.75) is 13.8 Å². The highest BCUT2D eigenvalue weighted by atomic mass is 16.3. The Morgan fingerprint density at radius 2 is 1.46 bits per heavy atom. The van der Waals surface area contributed by atoms with Gasteiger partial charge in [-0.15, -0.1) is 0 Å². The van der Waals surface area contributed by atoms with E-state index < -0.39 is 17.8 Å². The van der Waals surface area contributed by atoms with Gasteiger partial charge in [0.05, 0.1) is 0 Å². The number of amides is 4. The number of likely N-dealkylation sites (N-methyl/N-ethyl adjacent to an activating group) is 2. The van der Waals surface area contributed by atoms with E-state index in [1.165, 1.54) is 20.2 Å². The second kappa shape index (κ2) is 6.18. The average Bonchev–Trinajstić information content (AvgIpc) is 2.90. The van der Waals surface area contributed by atoms with Gasteiger partial charge >= 0.3 is 6.03 Å². The molecule has 134 valence electrons. The van der Waals surface area contributed by atoms with E-state index >= 15 is 0 Å². The third-order valence-electron chi connectivity index (χ3n) is 4.52. The summed E-state index contributed by atoms with van der Waals surface area (Å²) in [5.41, 5.74) is 3.26. The monoisotopic (exact) mass is 353 g/mol. The maximum atomic E-state index is 12.4. The summed E-state index contributed by atoms with van der Waals surface area (Å²) in [6, 6.07) is 7.97. The molecular weight excluding hydrogens is 334 g/mol. The van der Waals surface area contributed by atoms with Crippen LogP contribution >= 0.6 is 0 Å². The lowest BCUT2D eigenvalue weighted by molar-refractivity contribution is -0.134. The minimum atomic E-state index is -0.647. The first-order chi connectivity index (χ1) is 12.2. The van der Waals surface area contributed by atoms with Crippen molar-refractivity contribution in [2.75, 3.05) is 14.1 Å². The number of hydrogen-bond donors (Lipinski definition) is 1. The van der Waals surface area contributed by atoms with Crippen LogP contribution in [0, 0.1) is 13.8 Å². The Hall–Kier alpha value is -3.35. The number of carbonyl (C=O) groups excluding carboxylic acids is 3. The number of benzene rings is 1. The Morgan fingerprint density at radius 1 is 0.923 bits per heavy atom. The minimum absolute atomic E-state index is 0.0550. The van der Waals surface area contributed by atoms with Gasteiger partial charge in [-0.25, -0.2) is 4.79 Å². The number of imide groups is 2. The van der Waals surface area contributed by atoms with Crippen molar-refractivity contribution in [3.05, 3.63) is 52.9 Å². The van der Waals surface area contributed by atoms with E-state index in [1.54, 1.807) is 24.3 Å². The van der Waals surface area contributed by atoms with E-state index in [0.717, 1.165) is 26.9 Å². The second-order valence-electron chi connectivity index (χ2n) is 6.25. The van der Waals surface area contributed by atoms with Crippen molar-refractivity contribution >= 4 is 23.9 Å². The highest BCUT2D eigenvalue weighted by molar-refractivity contribution is 6.30. The molecule has 1 fully saturated rings. The number of aromatic nitrogens is 1. The summed E-state index contributed by atoms with van der Waals surface area (Å²) in [4.78, 5) is 38.4. The second-order valence-corrected chi connectivity index (χ2v) is 6.25. The largest absolute Gasteiger partial charge is 0.508 e. The van der Waals surface area contributed by atoms with Gasteiger partial charge in [-0.3, -0.25) is 19.4 Å². The summed E-state index contributed by atoms with van der Waals surface area (Å²) in [6.07, 6.45) is 1.52. The molecule has 0 atom stereocenters. The molecule has 0 saturated carbocycles. The van der Waals surface area contributed by atoms with Crippen molar-refractivity contribution in [1.82, 2.24) is 14.4 Å². The third kappa shape index (κ3) is 2.67. The summed E-state index contributed by atoms with van der Waals surface area (Å²) in [6.45, 7) is 3.79. The van der Waals surface area contributed by atoms with E-state index in [-0.39, 0.29) is 11.3 Å². The molecule has 4 amide bonds. The fourth-order valence-electron chi connectivity index (χ4n) is 3.06. The van der Waals surface area contributed by atoms with Crippen LogP contribution in [-0.2, 0) is 9.59 Å². The number of nitrogens with zero attached hydrogens (tertiary/aromatic N) is 3. The van der Waals surface area contributed by atoms with E-state index in [0.29, 0.717) is 5.56 Å². The van der Waals surface area contributed by atoms with Gasteiger partial charge < -0.3 is 9.67 Å². The van der Waals surface area contributed by atoms with Crippen molar-refractivity contribution < 1.29 is 19.5 Å². The summed E-state index contributed by atoms with van der Waals surface area (Å²) in [5.74, 6) is -1.06. The van der Waals surface area contributed by atoms with Crippen molar-refractivity contribution in [3.8, 4) is 11.4 Å². The topological polar surface area (TPSA) is 82.9 Å². The van der Waals surface area contributed by atoms with Gasteiger partial charge in [0, 0.05) is 31.2 Å². The maximum absolute atomic E-state index is 12.4. The zero-order valence-electron chi connectivity index (χ0n) is 15.0. The molecule has 26 heavy (non-hydrogen) atoms. The fraction of sp³-hybridized carbons (Fsp3) is 0.211. The van der Waals surface area contributed by atoms with Crippen LogP contribution in [-0.4, -0.2) is 51.4 Å². The highest BCUT2D eigenvalue weighted by Crippen LogP contribution is 2.25. The Kier molecular flexibility index (Phi) is 4.15. The van der Waals surface area contributed by atoms with Crippen molar-refractivity contribution in [3.63, 3.8) is 0 Å². The van der Waals surface area contributed by atoms with Gasteiger partial charge in [0.2, 0.25) is 0 Å². The Morgan fingerprint density at radius 3 is 2.00 bits per heavy atom. The Labute approximate surface area is 150 Å². The van der Waals surface area contributed by atoms with Gasteiger partial charge in [-0.05, 0) is 55.8 Å². The SMILES string of the molecule is Cc1cc(C=C2C(=O)N(C)C(=O)N(C)C2=O)c(C)n1-c1ccc(O)cc1. The van der Waals surface area contributed by atoms with Crippen LogP contribution < -0.4 is 0 Å². The minimum Gasteiger partial charge on any atom is -0.508 e. The number of rotatable bonds is 2. The van der Waals surface area contributed by atoms with Gasteiger partial charge in [0.25, 0.3) is 11.8 Å². The quantitative estimate of drug-likeness (QED) is 0.663. The van der Waals surface area contributed by atoms with Crippen LogP contribution in [0.4, 0.5) is 4.79 Å².